The molecule has 1 aliphatic rings. The first-order valence-electron chi connectivity index (χ1n) is 10.7. The molecule has 0 N–H and O–H groups in total. The molecule has 0 atom stereocenters. The van der Waals surface area contributed by atoms with E-state index in [1.54, 1.807) is 19.4 Å². The van der Waals surface area contributed by atoms with E-state index in [1.807, 2.05) is 30.9 Å². The van der Waals surface area contributed by atoms with Crippen LogP contribution in [0.4, 0.5) is 0 Å². The molecule has 1 fully saturated rings. The highest BCUT2D eigenvalue weighted by atomic mass is 79.9. The molecule has 0 aliphatic carbocycles. The summed E-state index contributed by atoms with van der Waals surface area (Å²) in [5.74, 6) is 1.51. The fourth-order valence-electron chi connectivity index (χ4n) is 4.33. The summed E-state index contributed by atoms with van der Waals surface area (Å²) in [5, 5.41) is 1.01. The van der Waals surface area contributed by atoms with Crippen LogP contribution in [-0.4, -0.2) is 31.0 Å². The fraction of sp³-hybridized carbons (Fsp3) is 0.346. The lowest BCUT2D eigenvalue weighted by molar-refractivity contribution is -0.127. The zero-order valence-electron chi connectivity index (χ0n) is 18.5. The molecule has 0 spiro atoms. The van der Waals surface area contributed by atoms with Crippen molar-refractivity contribution in [2.75, 3.05) is 20.2 Å². The van der Waals surface area contributed by atoms with Gasteiger partial charge in [0.2, 0.25) is 5.91 Å². The number of benzene rings is 2. The number of likely N-dealkylation sites (tertiary alicyclic amines) is 1. The number of carbonyl (C=O) groups is 1. The second-order valence-corrected chi connectivity index (χ2v) is 9.37. The summed E-state index contributed by atoms with van der Waals surface area (Å²) in [6.45, 7) is 7.88. The predicted octanol–water partition coefficient (Wildman–Crippen LogP) is 6.84. The molecule has 1 aromatic heterocycles. The Balaban J connectivity index is 1.77. The van der Waals surface area contributed by atoms with Gasteiger partial charge in [-0.1, -0.05) is 35.0 Å². The van der Waals surface area contributed by atoms with Gasteiger partial charge in [0.15, 0.2) is 0 Å². The Kier molecular flexibility index (Phi) is 6.24. The quantitative estimate of drug-likeness (QED) is 0.383. The summed E-state index contributed by atoms with van der Waals surface area (Å²) < 4.78 is 12.7. The van der Waals surface area contributed by atoms with E-state index < -0.39 is 0 Å². The monoisotopic (exact) mass is 481 g/mol. The highest BCUT2D eigenvalue weighted by Gasteiger charge is 2.21. The average molecular weight is 482 g/mol. The van der Waals surface area contributed by atoms with Gasteiger partial charge in [0.1, 0.15) is 11.3 Å². The second-order valence-electron chi connectivity index (χ2n) is 8.45. The first-order valence-corrected chi connectivity index (χ1v) is 11.5. The van der Waals surface area contributed by atoms with Crippen molar-refractivity contribution in [2.45, 2.75) is 33.6 Å². The molecule has 0 saturated carbocycles. The number of nitrogens with zero attached hydrogens (tertiary/aromatic N) is 1. The topological polar surface area (TPSA) is 42.7 Å². The number of allylic oxidation sites excluding steroid dienone is 1. The van der Waals surface area contributed by atoms with Gasteiger partial charge in [0.25, 0.3) is 0 Å². The number of hydrogen-bond donors (Lipinski definition) is 0. The first-order chi connectivity index (χ1) is 14.9. The molecule has 0 unspecified atom stereocenters. The van der Waals surface area contributed by atoms with E-state index in [0.717, 1.165) is 74.9 Å². The number of carbonyl (C=O) groups excluding carboxylic acids is 1. The fourth-order valence-corrected chi connectivity index (χ4v) is 4.73. The zero-order chi connectivity index (χ0) is 22.1. The van der Waals surface area contributed by atoms with Gasteiger partial charge in [-0.15, -0.1) is 0 Å². The van der Waals surface area contributed by atoms with Crippen LogP contribution in [0.1, 0.15) is 37.8 Å². The molecule has 1 saturated heterocycles. The van der Waals surface area contributed by atoms with E-state index in [2.05, 4.69) is 41.1 Å². The summed E-state index contributed by atoms with van der Waals surface area (Å²) >= 11 is 3.55. The summed E-state index contributed by atoms with van der Waals surface area (Å²) in [5.41, 5.74) is 5.65. The van der Waals surface area contributed by atoms with Crippen molar-refractivity contribution in [3.8, 4) is 16.9 Å². The third-order valence-electron chi connectivity index (χ3n) is 6.24. The minimum absolute atomic E-state index is 0.0728. The molecule has 5 heteroatoms. The molecule has 2 heterocycles. The zero-order valence-corrected chi connectivity index (χ0v) is 20.1. The van der Waals surface area contributed by atoms with Gasteiger partial charge in [0, 0.05) is 45.7 Å². The Morgan fingerprint density at radius 3 is 2.68 bits per heavy atom. The molecule has 4 rings (SSSR count). The molecule has 1 aliphatic heterocycles. The third-order valence-corrected chi connectivity index (χ3v) is 6.74. The van der Waals surface area contributed by atoms with Crippen LogP contribution in [-0.2, 0) is 4.79 Å². The molecule has 0 radical (unpaired) electrons. The summed E-state index contributed by atoms with van der Waals surface area (Å²) in [6, 6.07) is 10.2. The maximum atomic E-state index is 12.9. The molecule has 0 bridgehead atoms. The number of rotatable bonds is 4. The Hall–Kier alpha value is -2.53. The predicted molar refractivity (Wildman–Crippen MR) is 129 cm³/mol. The number of hydrogen-bond acceptors (Lipinski definition) is 3. The van der Waals surface area contributed by atoms with E-state index in [1.165, 1.54) is 0 Å². The van der Waals surface area contributed by atoms with Gasteiger partial charge in [-0.2, -0.15) is 0 Å². The van der Waals surface area contributed by atoms with Crippen molar-refractivity contribution in [1.82, 2.24) is 4.90 Å². The number of amides is 1. The Bertz CT molecular complexity index is 1150. The minimum atomic E-state index is 0.0728. The van der Waals surface area contributed by atoms with Crippen molar-refractivity contribution in [3.63, 3.8) is 0 Å². The maximum absolute atomic E-state index is 12.9. The summed E-state index contributed by atoms with van der Waals surface area (Å²) in [4.78, 5) is 14.8. The Morgan fingerprint density at radius 1 is 1.26 bits per heavy atom. The van der Waals surface area contributed by atoms with Crippen molar-refractivity contribution < 1.29 is 13.9 Å². The van der Waals surface area contributed by atoms with Crippen LogP contribution in [0.25, 0.3) is 27.7 Å². The van der Waals surface area contributed by atoms with Crippen LogP contribution >= 0.6 is 15.9 Å². The number of methoxy groups -OCH3 is 1. The molecule has 31 heavy (non-hydrogen) atoms. The van der Waals surface area contributed by atoms with Crippen LogP contribution in [0.15, 0.2) is 51.6 Å². The summed E-state index contributed by atoms with van der Waals surface area (Å²) in [6.07, 6.45) is 5.68. The SMILES string of the molecule is COc1c(/C(C)=C/C(=O)N2CCC(C)CC2)cc2c(-c3cccc(Br)c3)coc2c1C. The van der Waals surface area contributed by atoms with Gasteiger partial charge >= 0.3 is 0 Å². The number of ether oxygens (including phenoxy) is 1. The maximum Gasteiger partial charge on any atom is 0.246 e. The molecular formula is C26H28BrNO3. The number of aryl methyl sites for hydroxylation is 1. The highest BCUT2D eigenvalue weighted by Crippen LogP contribution is 2.41. The van der Waals surface area contributed by atoms with Crippen molar-refractivity contribution >= 4 is 38.4 Å². The van der Waals surface area contributed by atoms with Gasteiger partial charge in [-0.3, -0.25) is 4.79 Å². The third kappa shape index (κ3) is 4.29. The van der Waals surface area contributed by atoms with E-state index in [9.17, 15) is 4.79 Å². The Labute approximate surface area is 192 Å². The lowest BCUT2D eigenvalue weighted by Crippen LogP contribution is -2.36. The van der Waals surface area contributed by atoms with Gasteiger partial charge < -0.3 is 14.1 Å². The van der Waals surface area contributed by atoms with Gasteiger partial charge in [-0.25, -0.2) is 0 Å². The van der Waals surface area contributed by atoms with Crippen LogP contribution in [0, 0.1) is 12.8 Å². The normalized spacial score (nSPS) is 15.5. The van der Waals surface area contributed by atoms with Crippen LogP contribution < -0.4 is 4.74 Å². The lowest BCUT2D eigenvalue weighted by Gasteiger charge is -2.29. The molecule has 1 amide bonds. The largest absolute Gasteiger partial charge is 0.496 e. The molecular weight excluding hydrogens is 454 g/mol. The van der Waals surface area contributed by atoms with E-state index in [-0.39, 0.29) is 5.91 Å². The number of furan rings is 1. The standard InChI is InChI=1S/C26H28BrNO3/c1-16-8-10-28(11-9-16)24(29)12-17(2)21-14-22-23(19-6-5-7-20(27)13-19)15-31-26(22)18(3)25(21)30-4/h5-7,12-16H,8-11H2,1-4H3/b17-12+. The van der Waals surface area contributed by atoms with Crippen LogP contribution in [0.3, 0.4) is 0 Å². The average Bonchev–Trinajstić information content (AvgIpc) is 3.18. The number of halogens is 1. The lowest BCUT2D eigenvalue weighted by atomic mass is 9.96. The molecule has 162 valence electrons. The summed E-state index contributed by atoms with van der Waals surface area (Å²) in [7, 11) is 1.66. The smallest absolute Gasteiger partial charge is 0.246 e. The molecule has 3 aromatic rings. The number of fused-ring (bicyclic) bond motifs is 1. The van der Waals surface area contributed by atoms with Crippen LogP contribution in [0.2, 0.25) is 0 Å². The van der Waals surface area contributed by atoms with Crippen molar-refractivity contribution in [2.24, 2.45) is 5.92 Å². The first kappa shape index (κ1) is 21.7. The second kappa shape index (κ2) is 8.91. The van der Waals surface area contributed by atoms with E-state index >= 15 is 0 Å². The van der Waals surface area contributed by atoms with Gasteiger partial charge in [-0.05, 0) is 61.9 Å². The molecule has 4 nitrogen and oxygen atoms in total. The van der Waals surface area contributed by atoms with E-state index in [0.29, 0.717) is 5.92 Å². The highest BCUT2D eigenvalue weighted by molar-refractivity contribution is 9.10. The van der Waals surface area contributed by atoms with Gasteiger partial charge in [0.05, 0.1) is 13.4 Å². The van der Waals surface area contributed by atoms with E-state index in [4.69, 9.17) is 9.15 Å². The minimum Gasteiger partial charge on any atom is -0.496 e. The van der Waals surface area contributed by atoms with Crippen LogP contribution in [0.5, 0.6) is 5.75 Å². The Morgan fingerprint density at radius 2 is 2.00 bits per heavy atom. The molecule has 2 aromatic carbocycles. The van der Waals surface area contributed by atoms with Crippen molar-refractivity contribution in [1.29, 1.82) is 0 Å². The number of piperidine rings is 1. The van der Waals surface area contributed by atoms with Crippen molar-refractivity contribution in [3.05, 3.63) is 58.3 Å².